The minimum atomic E-state index is 0.372. The van der Waals surface area contributed by atoms with Crippen molar-refractivity contribution < 1.29 is 4.79 Å². The monoisotopic (exact) mass is 186 g/mol. The van der Waals surface area contributed by atoms with Crippen molar-refractivity contribution in [3.05, 3.63) is 35.6 Å². The second kappa shape index (κ2) is 3.08. The SMILES string of the molecule is O=C1CCC2=CC[CH]C3CC[CH]C1=C23. The predicted molar refractivity (Wildman–Crippen MR) is 55.3 cm³/mol. The lowest BCUT2D eigenvalue weighted by molar-refractivity contribution is -0.115. The van der Waals surface area contributed by atoms with Crippen molar-refractivity contribution >= 4 is 5.78 Å². The Balaban J connectivity index is 2.14. The molecule has 0 aromatic rings. The number of carbonyl (C=O) groups excluding carboxylic acids is 1. The molecular weight excluding hydrogens is 172 g/mol. The number of rotatable bonds is 0. The largest absolute Gasteiger partial charge is 0.295 e. The smallest absolute Gasteiger partial charge is 0.159 e. The minimum absolute atomic E-state index is 0.372. The van der Waals surface area contributed by atoms with Gasteiger partial charge in [-0.15, -0.1) is 0 Å². The molecule has 0 fully saturated rings. The zero-order valence-electron chi connectivity index (χ0n) is 8.25. The van der Waals surface area contributed by atoms with Crippen LogP contribution in [0.15, 0.2) is 22.8 Å². The summed E-state index contributed by atoms with van der Waals surface area (Å²) in [6.45, 7) is 0. The van der Waals surface area contributed by atoms with Gasteiger partial charge in [-0.3, -0.25) is 4.79 Å². The molecule has 1 atom stereocenters. The summed E-state index contributed by atoms with van der Waals surface area (Å²) in [5.41, 5.74) is 3.89. The Labute approximate surface area is 84.9 Å². The van der Waals surface area contributed by atoms with Crippen molar-refractivity contribution in [3.63, 3.8) is 0 Å². The van der Waals surface area contributed by atoms with Gasteiger partial charge in [-0.1, -0.05) is 6.08 Å². The fraction of sp³-hybridized carbons (Fsp3) is 0.462. The lowest BCUT2D eigenvalue weighted by Gasteiger charge is -2.35. The molecule has 3 aliphatic rings. The van der Waals surface area contributed by atoms with Crippen LogP contribution in [0.2, 0.25) is 0 Å². The lowest BCUT2D eigenvalue weighted by Crippen LogP contribution is -2.25. The number of Topliss-reactive ketones (excluding diaryl/α,β-unsaturated/α-hetero) is 1. The van der Waals surface area contributed by atoms with E-state index in [-0.39, 0.29) is 0 Å². The first-order valence-electron chi connectivity index (χ1n) is 5.49. The topological polar surface area (TPSA) is 17.1 Å². The number of ketones is 1. The Morgan fingerprint density at radius 1 is 1.29 bits per heavy atom. The summed E-state index contributed by atoms with van der Waals surface area (Å²) in [6.07, 6.45) is 11.9. The van der Waals surface area contributed by atoms with E-state index in [0.717, 1.165) is 31.3 Å². The van der Waals surface area contributed by atoms with E-state index in [9.17, 15) is 4.79 Å². The molecule has 72 valence electrons. The van der Waals surface area contributed by atoms with Gasteiger partial charge < -0.3 is 0 Å². The molecule has 1 heteroatoms. The zero-order valence-corrected chi connectivity index (χ0v) is 8.25. The summed E-state index contributed by atoms with van der Waals surface area (Å²) >= 11 is 0. The summed E-state index contributed by atoms with van der Waals surface area (Å²) in [4.78, 5) is 11.7. The summed E-state index contributed by atoms with van der Waals surface area (Å²) in [5, 5.41) is 0. The molecule has 0 aliphatic heterocycles. The third-order valence-corrected chi connectivity index (χ3v) is 3.54. The van der Waals surface area contributed by atoms with E-state index in [1.807, 2.05) is 0 Å². The first kappa shape index (κ1) is 8.46. The molecule has 0 aromatic heterocycles. The maximum Gasteiger partial charge on any atom is 0.159 e. The highest BCUT2D eigenvalue weighted by Gasteiger charge is 2.33. The highest BCUT2D eigenvalue weighted by atomic mass is 16.1. The standard InChI is InChI=1S/C13H14O/c14-12-8-7-10-4-1-3-9-5-2-6-11(12)13(9)10/h3-4,6,9H,1-2,5,7-8H2. The zero-order chi connectivity index (χ0) is 9.54. The molecule has 14 heavy (non-hydrogen) atoms. The van der Waals surface area contributed by atoms with Crippen molar-refractivity contribution in [2.24, 2.45) is 5.92 Å². The van der Waals surface area contributed by atoms with E-state index in [0.29, 0.717) is 11.7 Å². The van der Waals surface area contributed by atoms with Gasteiger partial charge in [0.1, 0.15) is 0 Å². The molecule has 0 saturated carbocycles. The number of hydrogen-bond acceptors (Lipinski definition) is 1. The summed E-state index contributed by atoms with van der Waals surface area (Å²) in [6, 6.07) is 0. The number of carbonyl (C=O) groups is 1. The van der Waals surface area contributed by atoms with Crippen molar-refractivity contribution in [3.8, 4) is 0 Å². The molecule has 0 amide bonds. The van der Waals surface area contributed by atoms with Gasteiger partial charge in [-0.2, -0.15) is 0 Å². The summed E-state index contributed by atoms with van der Waals surface area (Å²) < 4.78 is 0. The van der Waals surface area contributed by atoms with Crippen LogP contribution in [0.4, 0.5) is 0 Å². The molecule has 3 aliphatic carbocycles. The van der Waals surface area contributed by atoms with Crippen molar-refractivity contribution in [2.75, 3.05) is 0 Å². The van der Waals surface area contributed by atoms with E-state index in [4.69, 9.17) is 0 Å². The Morgan fingerprint density at radius 3 is 3.14 bits per heavy atom. The molecule has 0 saturated heterocycles. The summed E-state index contributed by atoms with van der Waals surface area (Å²) in [7, 11) is 0. The third-order valence-electron chi connectivity index (χ3n) is 3.54. The van der Waals surface area contributed by atoms with Crippen LogP contribution >= 0.6 is 0 Å². The summed E-state index contributed by atoms with van der Waals surface area (Å²) in [5.74, 6) is 0.955. The van der Waals surface area contributed by atoms with Crippen LogP contribution in [0.3, 0.4) is 0 Å². The quantitative estimate of drug-likeness (QED) is 0.568. The van der Waals surface area contributed by atoms with Gasteiger partial charge in [-0.25, -0.2) is 0 Å². The number of hydrogen-bond donors (Lipinski definition) is 0. The van der Waals surface area contributed by atoms with E-state index >= 15 is 0 Å². The fourth-order valence-corrected chi connectivity index (χ4v) is 2.88. The molecule has 1 nitrogen and oxygen atoms in total. The van der Waals surface area contributed by atoms with Crippen LogP contribution in [0.1, 0.15) is 32.1 Å². The normalized spacial score (nSPS) is 31.3. The molecular formula is C13H14O. The minimum Gasteiger partial charge on any atom is -0.295 e. The van der Waals surface area contributed by atoms with Crippen LogP contribution in [-0.4, -0.2) is 5.78 Å². The predicted octanol–water partition coefficient (Wildman–Crippen LogP) is 2.79. The van der Waals surface area contributed by atoms with Crippen molar-refractivity contribution in [1.82, 2.24) is 0 Å². The van der Waals surface area contributed by atoms with Gasteiger partial charge in [0.2, 0.25) is 0 Å². The van der Waals surface area contributed by atoms with Crippen molar-refractivity contribution in [2.45, 2.75) is 32.1 Å². The van der Waals surface area contributed by atoms with Gasteiger partial charge in [0, 0.05) is 12.0 Å². The van der Waals surface area contributed by atoms with E-state index in [1.165, 1.54) is 17.6 Å². The Morgan fingerprint density at radius 2 is 2.21 bits per heavy atom. The van der Waals surface area contributed by atoms with E-state index < -0.39 is 0 Å². The van der Waals surface area contributed by atoms with Gasteiger partial charge in [0.05, 0.1) is 0 Å². The Hall–Kier alpha value is -0.850. The van der Waals surface area contributed by atoms with Crippen molar-refractivity contribution in [1.29, 1.82) is 0 Å². The van der Waals surface area contributed by atoms with Crippen LogP contribution in [0, 0.1) is 18.8 Å². The Kier molecular flexibility index (Phi) is 1.86. The molecule has 0 N–H and O–H groups in total. The highest BCUT2D eigenvalue weighted by molar-refractivity contribution is 6.00. The van der Waals surface area contributed by atoms with Gasteiger partial charge >= 0.3 is 0 Å². The van der Waals surface area contributed by atoms with E-state index in [1.54, 1.807) is 0 Å². The van der Waals surface area contributed by atoms with Crippen LogP contribution in [-0.2, 0) is 4.79 Å². The lowest BCUT2D eigenvalue weighted by atomic mass is 9.69. The van der Waals surface area contributed by atoms with Gasteiger partial charge in [0.25, 0.3) is 0 Å². The molecule has 0 heterocycles. The fourth-order valence-electron chi connectivity index (χ4n) is 2.88. The second-order valence-corrected chi connectivity index (χ2v) is 4.34. The first-order chi connectivity index (χ1) is 6.86. The van der Waals surface area contributed by atoms with Crippen LogP contribution in [0.5, 0.6) is 0 Å². The second-order valence-electron chi connectivity index (χ2n) is 4.34. The Bertz CT molecular complexity index is 346. The first-order valence-corrected chi connectivity index (χ1v) is 5.49. The average Bonchev–Trinajstić information content (AvgIpc) is 2.24. The molecule has 2 radical (unpaired) electrons. The van der Waals surface area contributed by atoms with E-state index in [2.05, 4.69) is 18.9 Å². The number of allylic oxidation sites excluding steroid dienone is 4. The molecule has 0 bridgehead atoms. The molecule has 3 rings (SSSR count). The van der Waals surface area contributed by atoms with Crippen LogP contribution in [0.25, 0.3) is 0 Å². The van der Waals surface area contributed by atoms with Gasteiger partial charge in [0.15, 0.2) is 5.78 Å². The van der Waals surface area contributed by atoms with Gasteiger partial charge in [-0.05, 0) is 55.6 Å². The third kappa shape index (κ3) is 1.11. The maximum absolute atomic E-state index is 11.7. The average molecular weight is 186 g/mol. The van der Waals surface area contributed by atoms with Crippen LogP contribution < -0.4 is 0 Å². The molecule has 0 aromatic carbocycles. The highest BCUT2D eigenvalue weighted by Crippen LogP contribution is 2.44. The maximum atomic E-state index is 11.7. The molecule has 0 spiro atoms. The molecule has 1 unspecified atom stereocenters.